The summed E-state index contributed by atoms with van der Waals surface area (Å²) in [5.41, 5.74) is 0.932. The number of thioether (sulfide) groups is 1. The number of esters is 1. The summed E-state index contributed by atoms with van der Waals surface area (Å²) in [6, 6.07) is 6.04. The molecular formula is C20H30N4O5S. The molecule has 1 aromatic rings. The number of pyridine rings is 1. The number of ether oxygens (including phenoxy) is 2. The van der Waals surface area contributed by atoms with E-state index in [1.54, 1.807) is 18.1 Å². The van der Waals surface area contributed by atoms with Crippen LogP contribution in [0, 0.1) is 0 Å². The van der Waals surface area contributed by atoms with E-state index in [0.717, 1.165) is 30.7 Å². The van der Waals surface area contributed by atoms with Crippen LogP contribution in [0.5, 0.6) is 0 Å². The second-order valence-electron chi connectivity index (χ2n) is 7.55. The van der Waals surface area contributed by atoms with Crippen molar-refractivity contribution in [3.63, 3.8) is 0 Å². The summed E-state index contributed by atoms with van der Waals surface area (Å²) < 4.78 is 10.2. The number of nitrogens with zero attached hydrogens (tertiary/aromatic N) is 2. The minimum absolute atomic E-state index is 0.0801. The Balaban J connectivity index is 1.21. The fourth-order valence-corrected chi connectivity index (χ4v) is 5.11. The van der Waals surface area contributed by atoms with Crippen molar-refractivity contribution in [1.29, 1.82) is 0 Å². The number of fused-ring (bicyclic) bond motifs is 1. The Morgan fingerprint density at radius 3 is 3.07 bits per heavy atom. The third-order valence-corrected chi connectivity index (χ3v) is 6.83. The van der Waals surface area contributed by atoms with Crippen LogP contribution >= 0.6 is 11.8 Å². The third kappa shape index (κ3) is 6.83. The fourth-order valence-electron chi connectivity index (χ4n) is 3.57. The molecule has 0 bridgehead atoms. The van der Waals surface area contributed by atoms with E-state index in [1.807, 2.05) is 30.0 Å². The van der Waals surface area contributed by atoms with Gasteiger partial charge in [-0.05, 0) is 32.0 Å². The lowest BCUT2D eigenvalue weighted by Gasteiger charge is -2.22. The molecule has 1 aromatic heterocycles. The lowest BCUT2D eigenvalue weighted by Crippen LogP contribution is -2.36. The Kier molecular flexibility index (Phi) is 8.74. The van der Waals surface area contributed by atoms with Crippen LogP contribution in [0.15, 0.2) is 24.4 Å². The number of aliphatic hydroxyl groups is 1. The van der Waals surface area contributed by atoms with Crippen LogP contribution in [-0.2, 0) is 20.7 Å². The average molecular weight is 439 g/mol. The molecular weight excluding hydrogens is 408 g/mol. The molecule has 166 valence electrons. The van der Waals surface area contributed by atoms with Crippen molar-refractivity contribution < 1.29 is 24.2 Å². The number of likely N-dealkylation sites (N-methyl/N-ethyl adjacent to an activating group) is 1. The maximum Gasteiger partial charge on any atom is 0.315 e. The molecule has 2 amide bonds. The molecule has 2 aliphatic heterocycles. The SMILES string of the molecule is CN(CCc1ccccn1)C(O)OCOC(=O)CCCC[C@@H]1SC[C@@H]2NC(=O)N[C@@H]21. The van der Waals surface area contributed by atoms with Crippen LogP contribution in [0.3, 0.4) is 0 Å². The smallest absolute Gasteiger partial charge is 0.315 e. The van der Waals surface area contributed by atoms with E-state index in [1.165, 1.54) is 0 Å². The van der Waals surface area contributed by atoms with Crippen molar-refractivity contribution in [2.45, 2.75) is 55.9 Å². The fraction of sp³-hybridized carbons (Fsp3) is 0.650. The van der Waals surface area contributed by atoms with Gasteiger partial charge in [-0.1, -0.05) is 12.5 Å². The summed E-state index contributed by atoms with van der Waals surface area (Å²) in [6.07, 6.45) is 4.14. The number of amides is 2. The zero-order valence-electron chi connectivity index (χ0n) is 17.2. The van der Waals surface area contributed by atoms with Crippen LogP contribution in [0.25, 0.3) is 0 Å². The summed E-state index contributed by atoms with van der Waals surface area (Å²) in [7, 11) is 1.73. The van der Waals surface area contributed by atoms with E-state index >= 15 is 0 Å². The number of unbranched alkanes of at least 4 members (excludes halogenated alkanes) is 1. The maximum atomic E-state index is 11.8. The van der Waals surface area contributed by atoms with Crippen LogP contribution in [-0.4, -0.2) is 76.9 Å². The molecule has 9 nitrogen and oxygen atoms in total. The van der Waals surface area contributed by atoms with E-state index in [2.05, 4.69) is 15.6 Å². The van der Waals surface area contributed by atoms with E-state index < -0.39 is 6.41 Å². The lowest BCUT2D eigenvalue weighted by atomic mass is 10.0. The van der Waals surface area contributed by atoms with Crippen molar-refractivity contribution >= 4 is 23.8 Å². The molecule has 0 saturated carbocycles. The first-order valence-electron chi connectivity index (χ1n) is 10.3. The van der Waals surface area contributed by atoms with Crippen molar-refractivity contribution in [3.8, 4) is 0 Å². The number of hydrogen-bond acceptors (Lipinski definition) is 8. The number of nitrogens with one attached hydrogen (secondary N) is 2. The number of aromatic nitrogens is 1. The van der Waals surface area contributed by atoms with Gasteiger partial charge in [-0.25, -0.2) is 4.79 Å². The van der Waals surface area contributed by atoms with E-state index in [4.69, 9.17) is 9.47 Å². The molecule has 3 N–H and O–H groups in total. The highest BCUT2D eigenvalue weighted by atomic mass is 32.2. The molecule has 10 heteroatoms. The summed E-state index contributed by atoms with van der Waals surface area (Å²) in [5, 5.41) is 16.3. The molecule has 30 heavy (non-hydrogen) atoms. The molecule has 1 unspecified atom stereocenters. The van der Waals surface area contributed by atoms with Gasteiger partial charge in [-0.3, -0.25) is 14.7 Å². The minimum Gasteiger partial charge on any atom is -0.438 e. The number of hydrogen-bond donors (Lipinski definition) is 3. The predicted molar refractivity (Wildman–Crippen MR) is 113 cm³/mol. The van der Waals surface area contributed by atoms with Gasteiger partial charge in [0.1, 0.15) is 0 Å². The van der Waals surface area contributed by atoms with Gasteiger partial charge in [-0.15, -0.1) is 0 Å². The minimum atomic E-state index is -1.15. The van der Waals surface area contributed by atoms with Crippen LogP contribution in [0.2, 0.25) is 0 Å². The third-order valence-electron chi connectivity index (χ3n) is 5.32. The normalized spacial score (nSPS) is 23.7. The topological polar surface area (TPSA) is 113 Å². The largest absolute Gasteiger partial charge is 0.438 e. The summed E-state index contributed by atoms with van der Waals surface area (Å²) in [6.45, 7) is 0.275. The highest BCUT2D eigenvalue weighted by Crippen LogP contribution is 2.33. The number of aliphatic hydroxyl groups excluding tert-OH is 1. The van der Waals surface area contributed by atoms with Gasteiger partial charge in [-0.2, -0.15) is 11.8 Å². The van der Waals surface area contributed by atoms with E-state index in [-0.39, 0.29) is 30.9 Å². The molecule has 3 heterocycles. The molecule has 3 rings (SSSR count). The molecule has 0 aromatic carbocycles. The quantitative estimate of drug-likeness (QED) is 0.192. The number of carbonyl (C=O) groups is 2. The van der Waals surface area contributed by atoms with Crippen molar-refractivity contribution in [2.24, 2.45) is 0 Å². The number of urea groups is 1. The zero-order valence-corrected chi connectivity index (χ0v) is 18.0. The Hall–Kier alpha value is -1.88. The van der Waals surface area contributed by atoms with E-state index in [0.29, 0.717) is 24.6 Å². The molecule has 2 saturated heterocycles. The molecule has 0 aliphatic carbocycles. The van der Waals surface area contributed by atoms with Crippen molar-refractivity contribution in [1.82, 2.24) is 20.5 Å². The molecule has 2 aliphatic rings. The molecule has 0 spiro atoms. The predicted octanol–water partition coefficient (Wildman–Crippen LogP) is 1.07. The first-order chi connectivity index (χ1) is 14.5. The number of carbonyl (C=O) groups excluding carboxylic acids is 2. The van der Waals surface area contributed by atoms with Gasteiger partial charge in [0.25, 0.3) is 0 Å². The monoisotopic (exact) mass is 438 g/mol. The molecule has 4 atom stereocenters. The van der Waals surface area contributed by atoms with Crippen LogP contribution in [0.1, 0.15) is 31.4 Å². The second-order valence-corrected chi connectivity index (χ2v) is 8.82. The zero-order chi connectivity index (χ0) is 21.3. The van der Waals surface area contributed by atoms with Gasteiger partial charge in [0.05, 0.1) is 12.1 Å². The van der Waals surface area contributed by atoms with E-state index in [9.17, 15) is 14.7 Å². The first kappa shape index (κ1) is 22.8. The summed E-state index contributed by atoms with van der Waals surface area (Å²) in [4.78, 5) is 29.1. The van der Waals surface area contributed by atoms with Gasteiger partial charge in [0.15, 0.2) is 6.79 Å². The lowest BCUT2D eigenvalue weighted by molar-refractivity contribution is -0.227. The van der Waals surface area contributed by atoms with Crippen molar-refractivity contribution in [3.05, 3.63) is 30.1 Å². The second kappa shape index (κ2) is 11.5. The van der Waals surface area contributed by atoms with Gasteiger partial charge in [0, 0.05) is 42.3 Å². The Labute approximate surface area is 180 Å². The van der Waals surface area contributed by atoms with Gasteiger partial charge in [0.2, 0.25) is 6.41 Å². The Morgan fingerprint density at radius 1 is 1.40 bits per heavy atom. The standard InChI is InChI=1S/C20H30N4O5S/c1-24(11-9-14-6-4-5-10-21-14)20(27)29-13-28-17(25)8-3-2-7-16-18-15(12-30-16)22-19(26)23-18/h4-6,10,15-16,18,20,27H,2-3,7-9,11-13H2,1H3,(H2,22,23,26)/t15-,16-,18-,20?/m0/s1. The summed E-state index contributed by atoms with van der Waals surface area (Å²) >= 11 is 1.87. The first-order valence-corrected chi connectivity index (χ1v) is 11.3. The highest BCUT2D eigenvalue weighted by Gasteiger charge is 2.42. The van der Waals surface area contributed by atoms with Gasteiger partial charge >= 0.3 is 12.0 Å². The van der Waals surface area contributed by atoms with Crippen LogP contribution < -0.4 is 10.6 Å². The van der Waals surface area contributed by atoms with Gasteiger partial charge < -0.3 is 25.2 Å². The maximum absolute atomic E-state index is 11.8. The van der Waals surface area contributed by atoms with Crippen LogP contribution in [0.4, 0.5) is 4.79 Å². The highest BCUT2D eigenvalue weighted by molar-refractivity contribution is 8.00. The molecule has 0 radical (unpaired) electrons. The Morgan fingerprint density at radius 2 is 2.27 bits per heavy atom. The number of rotatable bonds is 12. The molecule has 2 fully saturated rings. The average Bonchev–Trinajstić information content (AvgIpc) is 3.29. The summed E-state index contributed by atoms with van der Waals surface area (Å²) in [5.74, 6) is 0.595. The van der Waals surface area contributed by atoms with Crippen molar-refractivity contribution in [2.75, 3.05) is 26.1 Å². The Bertz CT molecular complexity index is 695.